The third-order valence-corrected chi connectivity index (χ3v) is 9.35. The van der Waals surface area contributed by atoms with Crippen LogP contribution in [0.15, 0.2) is 109 Å². The minimum absolute atomic E-state index is 0.124. The van der Waals surface area contributed by atoms with Crippen LogP contribution in [0.25, 0.3) is 0 Å². The van der Waals surface area contributed by atoms with Gasteiger partial charge in [0.25, 0.3) is 0 Å². The Morgan fingerprint density at radius 3 is 1.65 bits per heavy atom. The molecule has 8 heteroatoms. The Balaban J connectivity index is 1.37. The van der Waals surface area contributed by atoms with Gasteiger partial charge in [0.1, 0.15) is 6.04 Å². The van der Waals surface area contributed by atoms with Crippen LogP contribution in [0, 0.1) is 0 Å². The second-order valence-corrected chi connectivity index (χ2v) is 11.9. The number of carboxylic acid groups (broad SMARTS) is 1. The first-order valence-electron chi connectivity index (χ1n) is 14.3. The maximum absolute atomic E-state index is 14.5. The predicted octanol–water partition coefficient (Wildman–Crippen LogP) is 6.61. The highest BCUT2D eigenvalue weighted by Crippen LogP contribution is 2.41. The molecule has 0 aromatic heterocycles. The van der Waals surface area contributed by atoms with Crippen molar-refractivity contribution in [1.29, 1.82) is 0 Å². The Morgan fingerprint density at radius 2 is 1.16 bits per heavy atom. The van der Waals surface area contributed by atoms with Crippen LogP contribution in [0.1, 0.15) is 46.9 Å². The molecule has 218 valence electrons. The highest BCUT2D eigenvalue weighted by molar-refractivity contribution is 6.42. The van der Waals surface area contributed by atoms with Gasteiger partial charge < -0.3 is 14.9 Å². The summed E-state index contributed by atoms with van der Waals surface area (Å²) >= 11 is 12.5. The monoisotopic (exact) mass is 612 g/mol. The van der Waals surface area contributed by atoms with Gasteiger partial charge in [-0.1, -0.05) is 120 Å². The number of fused-ring (bicyclic) bond motifs is 2. The number of likely N-dealkylation sites (tertiary alicyclic amines) is 1. The number of carbonyl (C=O) groups is 3. The fraction of sp³-hybridized carbons (Fsp3) is 0.229. The third kappa shape index (κ3) is 5.53. The van der Waals surface area contributed by atoms with Crippen molar-refractivity contribution in [3.63, 3.8) is 0 Å². The Kier molecular flexibility index (Phi) is 8.24. The number of carboxylic acids is 1. The van der Waals surface area contributed by atoms with Crippen molar-refractivity contribution in [2.75, 3.05) is 6.54 Å². The molecule has 2 saturated heterocycles. The first-order valence-corrected chi connectivity index (χ1v) is 15.1. The van der Waals surface area contributed by atoms with E-state index >= 15 is 0 Å². The van der Waals surface area contributed by atoms with E-state index in [9.17, 15) is 19.5 Å². The quantitative estimate of drug-likeness (QED) is 0.255. The van der Waals surface area contributed by atoms with Gasteiger partial charge in [0.15, 0.2) is 0 Å². The van der Waals surface area contributed by atoms with Crippen molar-refractivity contribution in [1.82, 2.24) is 9.80 Å². The molecule has 2 aliphatic rings. The molecule has 2 aliphatic heterocycles. The molecule has 4 aromatic carbocycles. The molecule has 2 amide bonds. The Hall–Kier alpha value is -4.13. The number of aliphatic carboxylic acids is 1. The largest absolute Gasteiger partial charge is 0.480 e. The molecule has 6 nitrogen and oxygen atoms in total. The van der Waals surface area contributed by atoms with E-state index in [1.165, 1.54) is 4.90 Å². The number of rotatable bonds is 7. The fourth-order valence-electron chi connectivity index (χ4n) is 6.72. The lowest BCUT2D eigenvalue weighted by Gasteiger charge is -2.47. The fourth-order valence-corrected chi connectivity index (χ4v) is 7.02. The summed E-state index contributed by atoms with van der Waals surface area (Å²) in [4.78, 5) is 45.1. The van der Waals surface area contributed by atoms with Gasteiger partial charge in [-0.2, -0.15) is 0 Å². The zero-order valence-corrected chi connectivity index (χ0v) is 24.7. The van der Waals surface area contributed by atoms with E-state index in [0.29, 0.717) is 34.0 Å². The number of hydrogen-bond acceptors (Lipinski definition) is 3. The number of benzene rings is 4. The summed E-state index contributed by atoms with van der Waals surface area (Å²) in [5.74, 6) is -3.00. The van der Waals surface area contributed by atoms with Crippen molar-refractivity contribution in [3.8, 4) is 0 Å². The zero-order chi connectivity index (χ0) is 30.1. The average molecular weight is 614 g/mol. The molecule has 4 aromatic rings. The van der Waals surface area contributed by atoms with E-state index in [1.54, 1.807) is 23.1 Å². The Labute approximate surface area is 260 Å². The maximum Gasteiger partial charge on any atom is 0.328 e. The van der Waals surface area contributed by atoms with Crippen LogP contribution >= 0.6 is 23.2 Å². The lowest BCUT2D eigenvalue weighted by Crippen LogP contribution is -2.66. The van der Waals surface area contributed by atoms with Crippen LogP contribution in [-0.2, 0) is 14.4 Å². The summed E-state index contributed by atoms with van der Waals surface area (Å²) in [5, 5.41) is 11.3. The minimum Gasteiger partial charge on any atom is -0.480 e. The van der Waals surface area contributed by atoms with Crippen molar-refractivity contribution >= 4 is 41.0 Å². The van der Waals surface area contributed by atoms with Crippen molar-refractivity contribution < 1.29 is 19.5 Å². The Morgan fingerprint density at radius 1 is 0.651 bits per heavy atom. The van der Waals surface area contributed by atoms with Gasteiger partial charge in [-0.25, -0.2) is 4.79 Å². The average Bonchev–Trinajstić information content (AvgIpc) is 3.32. The summed E-state index contributed by atoms with van der Waals surface area (Å²) in [7, 11) is 0. The maximum atomic E-state index is 14.5. The smallest absolute Gasteiger partial charge is 0.328 e. The topological polar surface area (TPSA) is 77.9 Å². The molecule has 0 saturated carbocycles. The van der Waals surface area contributed by atoms with Gasteiger partial charge in [0.05, 0.1) is 27.9 Å². The highest BCUT2D eigenvalue weighted by atomic mass is 35.5. The molecule has 2 heterocycles. The first-order chi connectivity index (χ1) is 20.8. The zero-order valence-electron chi connectivity index (χ0n) is 23.2. The van der Waals surface area contributed by atoms with Gasteiger partial charge in [0.2, 0.25) is 11.8 Å². The van der Waals surface area contributed by atoms with Crippen LogP contribution in [0.4, 0.5) is 0 Å². The molecule has 2 bridgehead atoms. The van der Waals surface area contributed by atoms with E-state index in [1.807, 2.05) is 91.0 Å². The minimum atomic E-state index is -1.20. The van der Waals surface area contributed by atoms with Crippen LogP contribution in [0.2, 0.25) is 10.0 Å². The lowest BCUT2D eigenvalue weighted by molar-refractivity contribution is -0.161. The number of halogens is 2. The molecule has 0 aliphatic carbocycles. The van der Waals surface area contributed by atoms with E-state index < -0.39 is 29.9 Å². The van der Waals surface area contributed by atoms with E-state index in [0.717, 1.165) is 11.1 Å². The number of amides is 2. The second kappa shape index (κ2) is 12.2. The molecular weight excluding hydrogens is 583 g/mol. The molecular formula is C35H30Cl2N2O4. The van der Waals surface area contributed by atoms with Crippen molar-refractivity contribution in [2.24, 2.45) is 0 Å². The second-order valence-electron chi connectivity index (χ2n) is 11.1. The number of piperazine rings is 1. The lowest BCUT2D eigenvalue weighted by atomic mass is 9.87. The normalized spacial score (nSPS) is 20.2. The molecule has 0 radical (unpaired) electrons. The van der Waals surface area contributed by atoms with Gasteiger partial charge in [-0.05, 0) is 47.2 Å². The van der Waals surface area contributed by atoms with Crippen molar-refractivity contribution in [2.45, 2.75) is 42.8 Å². The van der Waals surface area contributed by atoms with Crippen LogP contribution in [0.3, 0.4) is 0 Å². The number of nitrogens with zero attached hydrogens (tertiary/aromatic N) is 2. The third-order valence-electron chi connectivity index (χ3n) is 8.61. The van der Waals surface area contributed by atoms with E-state index in [2.05, 4.69) is 0 Å². The standard InChI is InChI=1S/C35H30Cl2N2O4/c36-27-18-16-25(20-28(27)37)31(24-14-8-3-9-15-24)33(40)38-21-26-17-19-29(32(38)35(42)43)39(26)34(41)30(22-10-4-1-5-11-22)23-12-6-2-7-13-23/h1-16,18,20,26,29-32H,17,19,21H2,(H,42,43)/t26-,29+,31?,32-/m0/s1. The van der Waals surface area contributed by atoms with Crippen LogP contribution < -0.4 is 0 Å². The molecule has 4 atom stereocenters. The molecule has 1 unspecified atom stereocenters. The van der Waals surface area contributed by atoms with Gasteiger partial charge >= 0.3 is 5.97 Å². The predicted molar refractivity (Wildman–Crippen MR) is 166 cm³/mol. The molecule has 2 fully saturated rings. The highest BCUT2D eigenvalue weighted by Gasteiger charge is 2.54. The summed E-state index contributed by atoms with van der Waals surface area (Å²) in [5.41, 5.74) is 3.02. The van der Waals surface area contributed by atoms with Crippen molar-refractivity contribution in [3.05, 3.63) is 141 Å². The van der Waals surface area contributed by atoms with E-state index in [4.69, 9.17) is 23.2 Å². The summed E-state index contributed by atoms with van der Waals surface area (Å²) in [6.07, 6.45) is 1.11. The van der Waals surface area contributed by atoms with E-state index in [-0.39, 0.29) is 24.4 Å². The summed E-state index contributed by atoms with van der Waals surface area (Å²) in [6.45, 7) is 0.124. The summed E-state index contributed by atoms with van der Waals surface area (Å²) in [6, 6.07) is 31.2. The Bertz CT molecular complexity index is 1590. The summed E-state index contributed by atoms with van der Waals surface area (Å²) < 4.78 is 0. The SMILES string of the molecule is O=C(O)[C@@H]1[C@H]2CC[C@@H](CN1C(=O)C(c1ccccc1)c1ccc(Cl)c(Cl)c1)N2C(=O)C(c1ccccc1)c1ccccc1. The van der Waals surface area contributed by atoms with Crippen LogP contribution in [0.5, 0.6) is 0 Å². The number of hydrogen-bond donors (Lipinski definition) is 1. The first kappa shape index (κ1) is 29.0. The van der Waals surface area contributed by atoms with Gasteiger partial charge in [-0.15, -0.1) is 0 Å². The number of carbonyl (C=O) groups excluding carboxylic acids is 2. The molecule has 1 N–H and O–H groups in total. The molecule has 0 spiro atoms. The molecule has 43 heavy (non-hydrogen) atoms. The van der Waals surface area contributed by atoms with Crippen LogP contribution in [-0.4, -0.2) is 57.4 Å². The molecule has 6 rings (SSSR count). The van der Waals surface area contributed by atoms with Gasteiger partial charge in [-0.3, -0.25) is 9.59 Å². The van der Waals surface area contributed by atoms with Gasteiger partial charge in [0, 0.05) is 12.6 Å².